The summed E-state index contributed by atoms with van der Waals surface area (Å²) in [6.07, 6.45) is 6.78. The van der Waals surface area contributed by atoms with Crippen molar-refractivity contribution in [3.05, 3.63) is 66.5 Å². The van der Waals surface area contributed by atoms with Gasteiger partial charge in [0.15, 0.2) is 5.82 Å². The van der Waals surface area contributed by atoms with Gasteiger partial charge in [-0.05, 0) is 55.7 Å². The van der Waals surface area contributed by atoms with Crippen molar-refractivity contribution in [2.45, 2.75) is 32.1 Å². The number of hydrogen-bond donors (Lipinski definition) is 1. The van der Waals surface area contributed by atoms with Gasteiger partial charge in [-0.1, -0.05) is 6.07 Å². The molecule has 32 heavy (non-hydrogen) atoms. The van der Waals surface area contributed by atoms with Crippen LogP contribution in [0.4, 0.5) is 5.69 Å². The molecule has 8 heteroatoms. The van der Waals surface area contributed by atoms with Crippen LogP contribution in [0.3, 0.4) is 0 Å². The summed E-state index contributed by atoms with van der Waals surface area (Å²) in [5.74, 6) is 3.19. The highest BCUT2D eigenvalue weighted by molar-refractivity contribution is 5.61. The van der Waals surface area contributed by atoms with Crippen molar-refractivity contribution in [1.29, 1.82) is 0 Å². The molecule has 0 saturated carbocycles. The third kappa shape index (κ3) is 4.34. The molecular weight excluding hydrogens is 402 g/mol. The number of anilines is 1. The molecule has 1 aliphatic rings. The number of aromatic amines is 1. The molecule has 4 aromatic rings. The second kappa shape index (κ2) is 9.21. The van der Waals surface area contributed by atoms with E-state index in [1.165, 1.54) is 31.3 Å². The third-order valence-corrected chi connectivity index (χ3v) is 5.87. The molecule has 0 unspecified atom stereocenters. The van der Waals surface area contributed by atoms with Gasteiger partial charge in [0.1, 0.15) is 23.7 Å². The minimum Gasteiger partial charge on any atom is -0.497 e. The van der Waals surface area contributed by atoms with E-state index >= 15 is 0 Å². The van der Waals surface area contributed by atoms with E-state index in [0.29, 0.717) is 18.7 Å². The Hall–Kier alpha value is -3.68. The first-order valence-electron chi connectivity index (χ1n) is 11.1. The smallest absolute Gasteiger partial charge is 0.181 e. The minimum atomic E-state index is 0.686. The SMILES string of the molecule is COc1cccc(-n2nc(-c3ccc(N4CCCCC4)cc3)nc2CCc2ncn[nH]2)c1. The van der Waals surface area contributed by atoms with Gasteiger partial charge in [-0.25, -0.2) is 14.6 Å². The normalized spacial score (nSPS) is 14.0. The largest absolute Gasteiger partial charge is 0.497 e. The Kier molecular flexibility index (Phi) is 5.83. The lowest BCUT2D eigenvalue weighted by Gasteiger charge is -2.28. The van der Waals surface area contributed by atoms with Crippen LogP contribution in [0, 0.1) is 0 Å². The highest BCUT2D eigenvalue weighted by atomic mass is 16.5. The molecule has 3 heterocycles. The van der Waals surface area contributed by atoms with Gasteiger partial charge in [0.05, 0.1) is 12.8 Å². The highest BCUT2D eigenvalue weighted by Gasteiger charge is 2.16. The molecule has 1 aliphatic heterocycles. The van der Waals surface area contributed by atoms with Crippen LogP contribution in [0.2, 0.25) is 0 Å². The van der Waals surface area contributed by atoms with Gasteiger partial charge in [-0.15, -0.1) is 5.10 Å². The maximum atomic E-state index is 5.41. The number of benzene rings is 2. The van der Waals surface area contributed by atoms with Crippen LogP contribution in [0.1, 0.15) is 30.9 Å². The van der Waals surface area contributed by atoms with Gasteiger partial charge in [0.25, 0.3) is 0 Å². The molecule has 1 fully saturated rings. The number of methoxy groups -OCH3 is 1. The first-order valence-corrected chi connectivity index (χ1v) is 11.1. The summed E-state index contributed by atoms with van der Waals surface area (Å²) < 4.78 is 7.30. The number of nitrogens with zero attached hydrogens (tertiary/aromatic N) is 6. The van der Waals surface area contributed by atoms with E-state index in [0.717, 1.165) is 41.7 Å². The van der Waals surface area contributed by atoms with E-state index in [1.807, 2.05) is 28.9 Å². The lowest BCUT2D eigenvalue weighted by Crippen LogP contribution is -2.29. The molecule has 0 radical (unpaired) electrons. The van der Waals surface area contributed by atoms with Gasteiger partial charge in [0.2, 0.25) is 0 Å². The molecule has 2 aromatic heterocycles. The number of piperidine rings is 1. The summed E-state index contributed by atoms with van der Waals surface area (Å²) in [4.78, 5) is 11.6. The molecule has 0 amide bonds. The lowest BCUT2D eigenvalue weighted by atomic mass is 10.1. The molecule has 0 aliphatic carbocycles. The number of ether oxygens (including phenoxy) is 1. The van der Waals surface area contributed by atoms with Crippen LogP contribution >= 0.6 is 0 Å². The number of rotatable bonds is 7. The molecule has 0 bridgehead atoms. The van der Waals surface area contributed by atoms with Crippen LogP contribution in [0.5, 0.6) is 5.75 Å². The Bertz CT molecular complexity index is 1150. The third-order valence-electron chi connectivity index (χ3n) is 5.87. The lowest BCUT2D eigenvalue weighted by molar-refractivity contribution is 0.414. The first kappa shape index (κ1) is 20.2. The molecule has 8 nitrogen and oxygen atoms in total. The molecule has 1 N–H and O–H groups in total. The fraction of sp³-hybridized carbons (Fsp3) is 0.333. The summed E-state index contributed by atoms with van der Waals surface area (Å²) in [5.41, 5.74) is 3.19. The van der Waals surface area contributed by atoms with E-state index in [-0.39, 0.29) is 0 Å². The highest BCUT2D eigenvalue weighted by Crippen LogP contribution is 2.25. The average molecular weight is 430 g/mol. The van der Waals surface area contributed by atoms with Gasteiger partial charge in [0, 0.05) is 43.2 Å². The van der Waals surface area contributed by atoms with Crippen molar-refractivity contribution >= 4 is 5.69 Å². The van der Waals surface area contributed by atoms with Crippen LogP contribution < -0.4 is 9.64 Å². The van der Waals surface area contributed by atoms with Crippen molar-refractivity contribution < 1.29 is 4.74 Å². The summed E-state index contributed by atoms with van der Waals surface area (Å²) in [6, 6.07) is 16.5. The quantitative estimate of drug-likeness (QED) is 0.481. The first-order chi connectivity index (χ1) is 15.8. The average Bonchev–Trinajstić information content (AvgIpc) is 3.53. The van der Waals surface area contributed by atoms with Crippen molar-refractivity contribution in [1.82, 2.24) is 29.9 Å². The van der Waals surface area contributed by atoms with Crippen molar-refractivity contribution in [3.8, 4) is 22.8 Å². The van der Waals surface area contributed by atoms with E-state index in [2.05, 4.69) is 44.3 Å². The van der Waals surface area contributed by atoms with Crippen LogP contribution in [0.25, 0.3) is 17.1 Å². The van der Waals surface area contributed by atoms with E-state index in [9.17, 15) is 0 Å². The second-order valence-corrected chi connectivity index (χ2v) is 7.99. The molecule has 2 aromatic carbocycles. The topological polar surface area (TPSA) is 84.8 Å². The Labute approximate surface area is 187 Å². The second-order valence-electron chi connectivity index (χ2n) is 7.99. The molecule has 0 atom stereocenters. The number of hydrogen-bond acceptors (Lipinski definition) is 6. The standard InChI is InChI=1S/C24H27N7O/c1-32-21-7-5-6-20(16-21)31-23(13-12-22-25-17-26-28-22)27-24(29-31)18-8-10-19(11-9-18)30-14-3-2-4-15-30/h5-11,16-17H,2-4,12-15H2,1H3,(H,25,26,28). The van der Waals surface area contributed by atoms with E-state index in [1.54, 1.807) is 7.11 Å². The van der Waals surface area contributed by atoms with Crippen molar-refractivity contribution in [2.24, 2.45) is 0 Å². The van der Waals surface area contributed by atoms with Crippen LogP contribution in [0.15, 0.2) is 54.9 Å². The zero-order valence-electron chi connectivity index (χ0n) is 18.2. The predicted molar refractivity (Wildman–Crippen MR) is 123 cm³/mol. The fourth-order valence-electron chi connectivity index (χ4n) is 4.13. The van der Waals surface area contributed by atoms with Crippen molar-refractivity contribution in [2.75, 3.05) is 25.1 Å². The van der Waals surface area contributed by atoms with E-state index < -0.39 is 0 Å². The zero-order valence-corrected chi connectivity index (χ0v) is 18.2. The molecule has 164 valence electrons. The molecule has 1 saturated heterocycles. The predicted octanol–water partition coefficient (Wildman–Crippen LogP) is 3.84. The summed E-state index contributed by atoms with van der Waals surface area (Å²) in [5, 5.41) is 11.7. The van der Waals surface area contributed by atoms with Crippen molar-refractivity contribution in [3.63, 3.8) is 0 Å². The van der Waals surface area contributed by atoms with Gasteiger partial charge in [-0.2, -0.15) is 5.10 Å². The Morgan fingerprint density at radius 1 is 0.969 bits per heavy atom. The Balaban J connectivity index is 1.45. The van der Waals surface area contributed by atoms with Gasteiger partial charge in [-0.3, -0.25) is 5.10 Å². The number of aryl methyl sites for hydroxylation is 2. The zero-order chi connectivity index (χ0) is 21.8. The maximum absolute atomic E-state index is 5.41. The van der Waals surface area contributed by atoms with E-state index in [4.69, 9.17) is 14.8 Å². The monoisotopic (exact) mass is 429 g/mol. The van der Waals surface area contributed by atoms with Gasteiger partial charge < -0.3 is 9.64 Å². The molecular formula is C24H27N7O. The fourth-order valence-corrected chi connectivity index (χ4v) is 4.13. The number of aromatic nitrogens is 6. The minimum absolute atomic E-state index is 0.686. The Morgan fingerprint density at radius 2 is 1.81 bits per heavy atom. The Morgan fingerprint density at radius 3 is 2.56 bits per heavy atom. The molecule has 0 spiro atoms. The molecule has 5 rings (SSSR count). The van der Waals surface area contributed by atoms with Crippen LogP contribution in [-0.2, 0) is 12.8 Å². The summed E-state index contributed by atoms with van der Waals surface area (Å²) >= 11 is 0. The number of H-pyrrole nitrogens is 1. The summed E-state index contributed by atoms with van der Waals surface area (Å²) in [6.45, 7) is 2.27. The van der Waals surface area contributed by atoms with Gasteiger partial charge >= 0.3 is 0 Å². The number of nitrogens with one attached hydrogen (secondary N) is 1. The maximum Gasteiger partial charge on any atom is 0.181 e. The van der Waals surface area contributed by atoms with Crippen LogP contribution in [-0.4, -0.2) is 50.1 Å². The summed E-state index contributed by atoms with van der Waals surface area (Å²) in [7, 11) is 1.67.